The van der Waals surface area contributed by atoms with Gasteiger partial charge < -0.3 is 9.84 Å². The number of aliphatic hydroxyl groups is 1. The van der Waals surface area contributed by atoms with Gasteiger partial charge in [0.2, 0.25) is 0 Å². The fourth-order valence-electron chi connectivity index (χ4n) is 1.16. The zero-order chi connectivity index (χ0) is 11.5. The summed E-state index contributed by atoms with van der Waals surface area (Å²) in [6.07, 6.45) is 0. The Morgan fingerprint density at radius 3 is 2.47 bits per heavy atom. The van der Waals surface area contributed by atoms with E-state index in [4.69, 9.17) is 4.74 Å². The Kier molecular flexibility index (Phi) is 3.88. The van der Waals surface area contributed by atoms with Gasteiger partial charge in [0.15, 0.2) is 5.60 Å². The number of halogens is 1. The molecular weight excluding hydrogens is 260 g/mol. The lowest BCUT2D eigenvalue weighted by Gasteiger charge is -2.21. The minimum atomic E-state index is -1.59. The van der Waals surface area contributed by atoms with Crippen LogP contribution < -0.4 is 0 Å². The van der Waals surface area contributed by atoms with E-state index >= 15 is 0 Å². The molecule has 0 amide bonds. The maximum Gasteiger partial charge on any atom is 0.342 e. The molecule has 1 N–H and O–H groups in total. The highest BCUT2D eigenvalue weighted by Gasteiger charge is 2.33. The first kappa shape index (κ1) is 12.2. The molecule has 4 heteroatoms. The first-order valence-electron chi connectivity index (χ1n) is 4.64. The highest BCUT2D eigenvalue weighted by molar-refractivity contribution is 9.10. The van der Waals surface area contributed by atoms with Crippen molar-refractivity contribution in [3.05, 3.63) is 34.3 Å². The molecule has 0 saturated carbocycles. The highest BCUT2D eigenvalue weighted by atomic mass is 79.9. The van der Waals surface area contributed by atoms with E-state index in [1.807, 2.05) is 0 Å². The molecule has 1 aromatic rings. The summed E-state index contributed by atoms with van der Waals surface area (Å²) in [6, 6.07) is 6.90. The molecule has 0 bridgehead atoms. The van der Waals surface area contributed by atoms with E-state index in [0.717, 1.165) is 4.47 Å². The average molecular weight is 273 g/mol. The van der Waals surface area contributed by atoms with Crippen LogP contribution in [0.1, 0.15) is 19.4 Å². The zero-order valence-electron chi connectivity index (χ0n) is 8.66. The SMILES string of the molecule is CCOC(=O)C(C)(O)c1ccc(Br)cc1. The van der Waals surface area contributed by atoms with Crippen LogP contribution in [-0.2, 0) is 15.1 Å². The lowest BCUT2D eigenvalue weighted by Crippen LogP contribution is -2.34. The van der Waals surface area contributed by atoms with E-state index in [1.165, 1.54) is 6.92 Å². The minimum absolute atomic E-state index is 0.255. The number of ether oxygens (including phenoxy) is 1. The largest absolute Gasteiger partial charge is 0.464 e. The van der Waals surface area contributed by atoms with Gasteiger partial charge in [-0.2, -0.15) is 0 Å². The van der Waals surface area contributed by atoms with Crippen LogP contribution in [0, 0.1) is 0 Å². The molecule has 0 heterocycles. The number of benzene rings is 1. The second kappa shape index (κ2) is 4.77. The lowest BCUT2D eigenvalue weighted by molar-refractivity contribution is -0.164. The van der Waals surface area contributed by atoms with Crippen LogP contribution in [0.2, 0.25) is 0 Å². The fraction of sp³-hybridized carbons (Fsp3) is 0.364. The smallest absolute Gasteiger partial charge is 0.342 e. The van der Waals surface area contributed by atoms with Crippen LogP contribution in [-0.4, -0.2) is 17.7 Å². The van der Waals surface area contributed by atoms with Crippen molar-refractivity contribution in [2.75, 3.05) is 6.61 Å². The van der Waals surface area contributed by atoms with Crippen LogP contribution in [0.4, 0.5) is 0 Å². The summed E-state index contributed by atoms with van der Waals surface area (Å²) in [5.74, 6) is -0.632. The van der Waals surface area contributed by atoms with Crippen molar-refractivity contribution in [3.8, 4) is 0 Å². The molecule has 1 atom stereocenters. The van der Waals surface area contributed by atoms with E-state index in [-0.39, 0.29) is 6.61 Å². The van der Waals surface area contributed by atoms with Crippen LogP contribution >= 0.6 is 15.9 Å². The maximum atomic E-state index is 11.5. The van der Waals surface area contributed by atoms with Gasteiger partial charge in [0, 0.05) is 4.47 Å². The van der Waals surface area contributed by atoms with Gasteiger partial charge in [-0.1, -0.05) is 28.1 Å². The van der Waals surface area contributed by atoms with Gasteiger partial charge in [0.1, 0.15) is 0 Å². The fourth-order valence-corrected chi connectivity index (χ4v) is 1.43. The highest BCUT2D eigenvalue weighted by Crippen LogP contribution is 2.23. The lowest BCUT2D eigenvalue weighted by atomic mass is 9.96. The zero-order valence-corrected chi connectivity index (χ0v) is 10.2. The van der Waals surface area contributed by atoms with Gasteiger partial charge in [-0.05, 0) is 31.5 Å². The van der Waals surface area contributed by atoms with Gasteiger partial charge in [-0.3, -0.25) is 0 Å². The predicted molar refractivity (Wildman–Crippen MR) is 60.3 cm³/mol. The average Bonchev–Trinajstić information content (AvgIpc) is 2.18. The Bertz CT molecular complexity index is 343. The number of hydrogen-bond acceptors (Lipinski definition) is 3. The van der Waals surface area contributed by atoms with Crippen molar-refractivity contribution in [1.29, 1.82) is 0 Å². The molecule has 0 aliphatic carbocycles. The normalized spacial score (nSPS) is 14.4. The summed E-state index contributed by atoms with van der Waals surface area (Å²) >= 11 is 3.28. The molecule has 82 valence electrons. The molecular formula is C11H13BrO3. The third-order valence-electron chi connectivity index (χ3n) is 2.08. The molecule has 0 aliphatic rings. The van der Waals surface area contributed by atoms with Crippen LogP contribution in [0.15, 0.2) is 28.7 Å². The molecule has 15 heavy (non-hydrogen) atoms. The molecule has 1 aromatic carbocycles. The van der Waals surface area contributed by atoms with Gasteiger partial charge in [0.25, 0.3) is 0 Å². The Balaban J connectivity index is 2.94. The molecule has 0 aliphatic heterocycles. The first-order valence-corrected chi connectivity index (χ1v) is 5.43. The van der Waals surface area contributed by atoms with Crippen molar-refractivity contribution in [1.82, 2.24) is 0 Å². The molecule has 0 spiro atoms. The van der Waals surface area contributed by atoms with Crippen LogP contribution in [0.25, 0.3) is 0 Å². The quantitative estimate of drug-likeness (QED) is 0.859. The van der Waals surface area contributed by atoms with Gasteiger partial charge in [-0.25, -0.2) is 4.79 Å². The summed E-state index contributed by atoms with van der Waals surface area (Å²) in [6.45, 7) is 3.38. The molecule has 1 unspecified atom stereocenters. The van der Waals surface area contributed by atoms with Crippen molar-refractivity contribution >= 4 is 21.9 Å². The second-order valence-corrected chi connectivity index (χ2v) is 4.22. The Hall–Kier alpha value is -0.870. The summed E-state index contributed by atoms with van der Waals surface area (Å²) in [5.41, 5.74) is -1.07. The predicted octanol–water partition coefficient (Wildman–Crippen LogP) is 2.22. The van der Waals surface area contributed by atoms with E-state index in [9.17, 15) is 9.90 Å². The van der Waals surface area contributed by atoms with Gasteiger partial charge >= 0.3 is 5.97 Å². The topological polar surface area (TPSA) is 46.5 Å². The number of esters is 1. The summed E-state index contributed by atoms with van der Waals surface area (Å²) in [7, 11) is 0. The third-order valence-corrected chi connectivity index (χ3v) is 2.61. The molecule has 0 fully saturated rings. The molecule has 0 saturated heterocycles. The van der Waals surface area contributed by atoms with Gasteiger partial charge in [0.05, 0.1) is 6.61 Å². The third kappa shape index (κ3) is 2.79. The van der Waals surface area contributed by atoms with Crippen molar-refractivity contribution in [2.24, 2.45) is 0 Å². The summed E-state index contributed by atoms with van der Waals surface area (Å²) in [4.78, 5) is 11.5. The monoisotopic (exact) mass is 272 g/mol. The minimum Gasteiger partial charge on any atom is -0.464 e. The second-order valence-electron chi connectivity index (χ2n) is 3.30. The first-order chi connectivity index (χ1) is 6.98. The molecule has 1 rings (SSSR count). The Morgan fingerprint density at radius 1 is 1.47 bits per heavy atom. The number of rotatable bonds is 3. The van der Waals surface area contributed by atoms with E-state index < -0.39 is 11.6 Å². The van der Waals surface area contributed by atoms with Crippen molar-refractivity contribution < 1.29 is 14.6 Å². The van der Waals surface area contributed by atoms with E-state index in [1.54, 1.807) is 31.2 Å². The van der Waals surface area contributed by atoms with Gasteiger partial charge in [-0.15, -0.1) is 0 Å². The summed E-state index contributed by atoms with van der Waals surface area (Å²) < 4.78 is 5.69. The standard InChI is InChI=1S/C11H13BrO3/c1-3-15-10(13)11(2,14)8-4-6-9(12)7-5-8/h4-7,14H,3H2,1-2H3. The summed E-state index contributed by atoms with van der Waals surface area (Å²) in [5, 5.41) is 9.99. The Labute approximate surface area is 97.2 Å². The maximum absolute atomic E-state index is 11.5. The van der Waals surface area contributed by atoms with Crippen LogP contribution in [0.5, 0.6) is 0 Å². The van der Waals surface area contributed by atoms with Crippen LogP contribution in [0.3, 0.4) is 0 Å². The van der Waals surface area contributed by atoms with Crippen molar-refractivity contribution in [3.63, 3.8) is 0 Å². The van der Waals surface area contributed by atoms with E-state index in [2.05, 4.69) is 15.9 Å². The number of carbonyl (C=O) groups excluding carboxylic acids is 1. The van der Waals surface area contributed by atoms with Crippen molar-refractivity contribution in [2.45, 2.75) is 19.4 Å². The number of carbonyl (C=O) groups is 1. The van der Waals surface area contributed by atoms with E-state index in [0.29, 0.717) is 5.56 Å². The Morgan fingerprint density at radius 2 is 2.00 bits per heavy atom. The molecule has 3 nitrogen and oxygen atoms in total. The molecule has 0 radical (unpaired) electrons. The molecule has 0 aromatic heterocycles. The number of hydrogen-bond donors (Lipinski definition) is 1.